The molecule has 0 saturated carbocycles. The molecule has 1 aromatic rings. The first kappa shape index (κ1) is 22.1. The van der Waals surface area contributed by atoms with Gasteiger partial charge in [0.15, 0.2) is 5.96 Å². The van der Waals surface area contributed by atoms with Crippen molar-refractivity contribution >= 4 is 11.9 Å². The fourth-order valence-corrected chi connectivity index (χ4v) is 3.07. The number of aliphatic hydroxyl groups excluding tert-OH is 1. The number of benzene rings is 1. The Balaban J connectivity index is 1.82. The first-order chi connectivity index (χ1) is 13.5. The van der Waals surface area contributed by atoms with Crippen LogP contribution in [0.15, 0.2) is 23.2 Å². The Morgan fingerprint density at radius 3 is 2.75 bits per heavy atom. The molecule has 0 aliphatic carbocycles. The fourth-order valence-electron chi connectivity index (χ4n) is 3.07. The molecule has 8 heteroatoms. The summed E-state index contributed by atoms with van der Waals surface area (Å²) < 4.78 is 19.1. The topological polar surface area (TPSA) is 95.0 Å². The highest BCUT2D eigenvalue weighted by molar-refractivity contribution is 5.94. The van der Waals surface area contributed by atoms with Gasteiger partial charge in [0.25, 0.3) is 5.91 Å². The average molecular weight is 394 g/mol. The van der Waals surface area contributed by atoms with E-state index in [1.54, 1.807) is 19.1 Å². The molecule has 0 spiro atoms. The number of hydrogen-bond donors (Lipinski definition) is 4. The minimum absolute atomic E-state index is 0.110. The Kier molecular flexibility index (Phi) is 8.66. The number of aliphatic imine (C=N–C) groups is 1. The Hall–Kier alpha value is -2.19. The number of aryl methyl sites for hydroxylation is 1. The molecule has 1 aromatic carbocycles. The van der Waals surface area contributed by atoms with Crippen LogP contribution in [0.1, 0.15) is 35.7 Å². The van der Waals surface area contributed by atoms with E-state index in [-0.39, 0.29) is 23.7 Å². The van der Waals surface area contributed by atoms with Crippen molar-refractivity contribution in [1.29, 1.82) is 0 Å². The van der Waals surface area contributed by atoms with E-state index in [1.165, 1.54) is 6.07 Å². The number of nitrogens with zero attached hydrogens (tertiary/aromatic N) is 1. The van der Waals surface area contributed by atoms with E-state index in [2.05, 4.69) is 20.9 Å². The number of nitrogens with one attached hydrogen (secondary N) is 3. The predicted molar refractivity (Wildman–Crippen MR) is 107 cm³/mol. The molecule has 1 amide bonds. The van der Waals surface area contributed by atoms with Gasteiger partial charge in [0.1, 0.15) is 5.82 Å². The number of ether oxygens (including phenoxy) is 1. The Morgan fingerprint density at radius 1 is 1.32 bits per heavy atom. The zero-order valence-electron chi connectivity index (χ0n) is 16.7. The largest absolute Gasteiger partial charge is 0.396 e. The number of amides is 1. The second kappa shape index (κ2) is 11.0. The summed E-state index contributed by atoms with van der Waals surface area (Å²) in [7, 11) is 0. The minimum Gasteiger partial charge on any atom is -0.396 e. The van der Waals surface area contributed by atoms with Gasteiger partial charge in [0, 0.05) is 43.8 Å². The lowest BCUT2D eigenvalue weighted by Gasteiger charge is -2.24. The van der Waals surface area contributed by atoms with Gasteiger partial charge in [-0.3, -0.25) is 9.79 Å². The molecule has 0 aromatic heterocycles. The van der Waals surface area contributed by atoms with Gasteiger partial charge < -0.3 is 25.8 Å². The molecule has 1 heterocycles. The van der Waals surface area contributed by atoms with Crippen LogP contribution in [0.3, 0.4) is 0 Å². The number of halogens is 1. The summed E-state index contributed by atoms with van der Waals surface area (Å²) in [5.41, 5.74) is 0.702. The minimum atomic E-state index is -0.389. The van der Waals surface area contributed by atoms with E-state index >= 15 is 0 Å². The van der Waals surface area contributed by atoms with Crippen LogP contribution >= 0.6 is 0 Å². The molecule has 4 N–H and O–H groups in total. The highest BCUT2D eigenvalue weighted by Crippen LogP contribution is 2.32. The van der Waals surface area contributed by atoms with Crippen LogP contribution in [0.2, 0.25) is 0 Å². The van der Waals surface area contributed by atoms with Crippen molar-refractivity contribution in [1.82, 2.24) is 16.0 Å². The van der Waals surface area contributed by atoms with Crippen LogP contribution < -0.4 is 16.0 Å². The third-order valence-corrected chi connectivity index (χ3v) is 4.88. The molecule has 1 atom stereocenters. The van der Waals surface area contributed by atoms with Gasteiger partial charge in [-0.25, -0.2) is 4.39 Å². The lowest BCUT2D eigenvalue weighted by atomic mass is 9.84. The summed E-state index contributed by atoms with van der Waals surface area (Å²) >= 11 is 0. The van der Waals surface area contributed by atoms with E-state index in [4.69, 9.17) is 4.74 Å². The van der Waals surface area contributed by atoms with Gasteiger partial charge in [-0.05, 0) is 44.4 Å². The standard InChI is InChI=1S/C20H31FN4O3/c1-3-22-19(25-13-20(6-10-26)7-11-28-14-20)24-9-8-23-18(27)16-5-4-15(2)17(21)12-16/h4-5,12,26H,3,6-11,13-14H2,1-2H3,(H,23,27)(H2,22,24,25). The van der Waals surface area contributed by atoms with Crippen molar-refractivity contribution < 1.29 is 19.0 Å². The Morgan fingerprint density at radius 2 is 2.11 bits per heavy atom. The molecule has 0 bridgehead atoms. The number of guanidine groups is 1. The summed E-state index contributed by atoms with van der Waals surface area (Å²) in [5.74, 6) is -0.0463. The highest BCUT2D eigenvalue weighted by atomic mass is 19.1. The molecule has 1 unspecified atom stereocenters. The van der Waals surface area contributed by atoms with Gasteiger partial charge in [-0.15, -0.1) is 0 Å². The van der Waals surface area contributed by atoms with Crippen LogP contribution in [0.4, 0.5) is 4.39 Å². The molecule has 2 rings (SSSR count). The van der Waals surface area contributed by atoms with E-state index in [0.29, 0.717) is 62.9 Å². The number of carbonyl (C=O) groups excluding carboxylic acids is 1. The molecule has 28 heavy (non-hydrogen) atoms. The van der Waals surface area contributed by atoms with Gasteiger partial charge in [-0.2, -0.15) is 0 Å². The summed E-state index contributed by atoms with van der Waals surface area (Å²) in [6, 6.07) is 4.44. The SMILES string of the molecule is CCNC(=NCC1(CCO)CCOC1)NCCNC(=O)c1ccc(C)c(F)c1. The van der Waals surface area contributed by atoms with Crippen molar-refractivity contribution in [2.24, 2.45) is 10.4 Å². The summed E-state index contributed by atoms with van der Waals surface area (Å²) in [4.78, 5) is 16.7. The summed E-state index contributed by atoms with van der Waals surface area (Å²) in [5, 5.41) is 18.4. The molecule has 156 valence electrons. The molecule has 1 aliphatic rings. The number of aliphatic hydroxyl groups is 1. The van der Waals surface area contributed by atoms with Crippen LogP contribution in [-0.4, -0.2) is 63.0 Å². The van der Waals surface area contributed by atoms with Gasteiger partial charge >= 0.3 is 0 Å². The summed E-state index contributed by atoms with van der Waals surface area (Å²) in [6.07, 6.45) is 1.55. The molecule has 0 radical (unpaired) electrons. The highest BCUT2D eigenvalue weighted by Gasteiger charge is 2.34. The van der Waals surface area contributed by atoms with Gasteiger partial charge in [0.05, 0.1) is 13.2 Å². The van der Waals surface area contributed by atoms with E-state index in [0.717, 1.165) is 6.42 Å². The fraction of sp³-hybridized carbons (Fsp3) is 0.600. The number of hydrogen-bond acceptors (Lipinski definition) is 4. The maximum Gasteiger partial charge on any atom is 0.251 e. The first-order valence-corrected chi connectivity index (χ1v) is 9.75. The number of rotatable bonds is 9. The van der Waals surface area contributed by atoms with Crippen LogP contribution in [0.25, 0.3) is 0 Å². The first-order valence-electron chi connectivity index (χ1n) is 9.75. The smallest absolute Gasteiger partial charge is 0.251 e. The van der Waals surface area contributed by atoms with Crippen molar-refractivity contribution in [3.63, 3.8) is 0 Å². The maximum atomic E-state index is 13.6. The lowest BCUT2D eigenvalue weighted by Crippen LogP contribution is -2.42. The van der Waals surface area contributed by atoms with Gasteiger partial charge in [0.2, 0.25) is 0 Å². The van der Waals surface area contributed by atoms with E-state index < -0.39 is 0 Å². The van der Waals surface area contributed by atoms with E-state index in [1.807, 2.05) is 6.92 Å². The van der Waals surface area contributed by atoms with Crippen LogP contribution in [0.5, 0.6) is 0 Å². The molecular formula is C20H31FN4O3. The van der Waals surface area contributed by atoms with Crippen LogP contribution in [0, 0.1) is 18.2 Å². The van der Waals surface area contributed by atoms with Crippen molar-refractivity contribution in [3.05, 3.63) is 35.1 Å². The third-order valence-electron chi connectivity index (χ3n) is 4.88. The quantitative estimate of drug-likeness (QED) is 0.287. The Bertz CT molecular complexity index is 675. The summed E-state index contributed by atoms with van der Waals surface area (Å²) in [6.45, 7) is 7.21. The van der Waals surface area contributed by atoms with Crippen LogP contribution in [-0.2, 0) is 4.74 Å². The second-order valence-corrected chi connectivity index (χ2v) is 7.12. The monoisotopic (exact) mass is 394 g/mol. The van der Waals surface area contributed by atoms with Crippen molar-refractivity contribution in [3.8, 4) is 0 Å². The molecule has 7 nitrogen and oxygen atoms in total. The zero-order chi connectivity index (χ0) is 20.4. The predicted octanol–water partition coefficient (Wildman–Crippen LogP) is 1.21. The normalized spacial score (nSPS) is 19.5. The third kappa shape index (κ3) is 6.45. The zero-order valence-corrected chi connectivity index (χ0v) is 16.7. The van der Waals surface area contributed by atoms with Gasteiger partial charge in [-0.1, -0.05) is 6.07 Å². The second-order valence-electron chi connectivity index (χ2n) is 7.12. The van der Waals surface area contributed by atoms with Crippen molar-refractivity contribution in [2.75, 3.05) is 46.0 Å². The maximum absolute atomic E-state index is 13.6. The molecule has 1 saturated heterocycles. The van der Waals surface area contributed by atoms with Crippen molar-refractivity contribution in [2.45, 2.75) is 26.7 Å². The average Bonchev–Trinajstić information content (AvgIpc) is 3.14. The number of carbonyl (C=O) groups is 1. The Labute approximate surface area is 165 Å². The van der Waals surface area contributed by atoms with E-state index in [9.17, 15) is 14.3 Å². The molecule has 1 aliphatic heterocycles. The molecular weight excluding hydrogens is 363 g/mol. The molecule has 1 fully saturated rings. The lowest BCUT2D eigenvalue weighted by molar-refractivity contribution is 0.0954.